The van der Waals surface area contributed by atoms with E-state index in [4.69, 9.17) is 0 Å². The Morgan fingerprint density at radius 1 is 1.24 bits per heavy atom. The largest absolute Gasteiger partial charge is 0.460 e. The van der Waals surface area contributed by atoms with Crippen LogP contribution < -0.4 is 0 Å². The smallest absolute Gasteiger partial charge is 0.379 e. The molecule has 5 heteroatoms. The van der Waals surface area contributed by atoms with Gasteiger partial charge in [0.15, 0.2) is 0 Å². The van der Waals surface area contributed by atoms with E-state index in [0.29, 0.717) is 6.42 Å². The fourth-order valence-electron chi connectivity index (χ4n) is 1.38. The van der Waals surface area contributed by atoms with E-state index in [9.17, 15) is 18.4 Å². The molecule has 0 radical (unpaired) electrons. The van der Waals surface area contributed by atoms with Gasteiger partial charge in [0.25, 0.3) is 5.78 Å². The van der Waals surface area contributed by atoms with E-state index in [1.54, 1.807) is 6.92 Å². The van der Waals surface area contributed by atoms with Gasteiger partial charge in [-0.3, -0.25) is 4.79 Å². The first-order chi connectivity index (χ1) is 8.02. The summed E-state index contributed by atoms with van der Waals surface area (Å²) in [6.45, 7) is 3.14. The summed E-state index contributed by atoms with van der Waals surface area (Å²) in [5.41, 5.74) is -0.665. The number of rotatable bonds is 4. The first-order valence-corrected chi connectivity index (χ1v) is 5.21. The Balaban J connectivity index is 3.21. The Morgan fingerprint density at radius 2 is 1.88 bits per heavy atom. The molecule has 0 aliphatic carbocycles. The molecule has 92 valence electrons. The maximum absolute atomic E-state index is 13.7. The quantitative estimate of drug-likeness (QED) is 0.462. The highest BCUT2D eigenvalue weighted by Crippen LogP contribution is 2.18. The van der Waals surface area contributed by atoms with Crippen molar-refractivity contribution in [2.45, 2.75) is 20.3 Å². The summed E-state index contributed by atoms with van der Waals surface area (Å²) in [5, 5.41) is 0. The number of ketones is 1. The van der Waals surface area contributed by atoms with Crippen molar-refractivity contribution in [3.63, 3.8) is 0 Å². The van der Waals surface area contributed by atoms with Gasteiger partial charge in [-0.25, -0.2) is 13.6 Å². The number of esters is 1. The van der Waals surface area contributed by atoms with Gasteiger partial charge < -0.3 is 4.74 Å². The number of Topliss-reactive ketones (excluding diaryl/α,β-unsaturated/α-hetero) is 1. The van der Waals surface area contributed by atoms with Crippen molar-refractivity contribution >= 4 is 11.8 Å². The van der Waals surface area contributed by atoms with E-state index in [1.807, 2.05) is 0 Å². The van der Waals surface area contributed by atoms with Gasteiger partial charge in [-0.2, -0.15) is 0 Å². The zero-order valence-corrected chi connectivity index (χ0v) is 9.55. The Bertz CT molecular complexity index is 455. The minimum atomic E-state index is -1.29. The third kappa shape index (κ3) is 2.67. The van der Waals surface area contributed by atoms with Crippen molar-refractivity contribution in [2.24, 2.45) is 0 Å². The lowest BCUT2D eigenvalue weighted by atomic mass is 10.0. The van der Waals surface area contributed by atoms with Crippen LogP contribution in [0.3, 0.4) is 0 Å². The van der Waals surface area contributed by atoms with Crippen LogP contribution in [0, 0.1) is 11.6 Å². The molecule has 0 saturated heterocycles. The van der Waals surface area contributed by atoms with E-state index >= 15 is 0 Å². The normalized spacial score (nSPS) is 10.1. The molecule has 0 aliphatic rings. The summed E-state index contributed by atoms with van der Waals surface area (Å²) in [7, 11) is 0. The SMILES string of the molecule is CCOC(=O)C(=O)c1c(F)ccc(CC)c1F. The molecule has 0 fully saturated rings. The highest BCUT2D eigenvalue weighted by atomic mass is 19.1. The standard InChI is InChI=1S/C12H12F2O3/c1-3-7-5-6-8(13)9(10(7)14)11(15)12(16)17-4-2/h5-6H,3-4H2,1-2H3. The highest BCUT2D eigenvalue weighted by molar-refractivity contribution is 6.40. The fraction of sp³-hybridized carbons (Fsp3) is 0.333. The molecule has 0 aromatic heterocycles. The van der Waals surface area contributed by atoms with Gasteiger partial charge in [-0.1, -0.05) is 13.0 Å². The molecule has 0 bridgehead atoms. The molecular weight excluding hydrogens is 230 g/mol. The second-order valence-electron chi connectivity index (χ2n) is 3.30. The van der Waals surface area contributed by atoms with Crippen LogP contribution in [0.25, 0.3) is 0 Å². The van der Waals surface area contributed by atoms with Crippen molar-refractivity contribution in [3.05, 3.63) is 34.9 Å². The molecule has 0 atom stereocenters. The summed E-state index contributed by atoms with van der Waals surface area (Å²) in [6.07, 6.45) is 0.301. The Labute approximate surface area is 97.4 Å². The van der Waals surface area contributed by atoms with Gasteiger partial charge in [-0.15, -0.1) is 0 Å². The molecule has 0 amide bonds. The first-order valence-electron chi connectivity index (χ1n) is 5.21. The number of benzene rings is 1. The van der Waals surface area contributed by atoms with Crippen LogP contribution in [0.15, 0.2) is 12.1 Å². The lowest BCUT2D eigenvalue weighted by molar-refractivity contribution is -0.137. The molecule has 0 aliphatic heterocycles. The van der Waals surface area contributed by atoms with Gasteiger partial charge in [0, 0.05) is 0 Å². The van der Waals surface area contributed by atoms with E-state index in [2.05, 4.69) is 4.74 Å². The van der Waals surface area contributed by atoms with E-state index in [1.165, 1.54) is 13.0 Å². The van der Waals surface area contributed by atoms with Gasteiger partial charge in [0.05, 0.1) is 6.61 Å². The van der Waals surface area contributed by atoms with E-state index in [0.717, 1.165) is 6.07 Å². The number of hydrogen-bond acceptors (Lipinski definition) is 3. The van der Waals surface area contributed by atoms with Gasteiger partial charge in [0.1, 0.15) is 17.2 Å². The Morgan fingerprint density at radius 3 is 2.41 bits per heavy atom. The number of ether oxygens (including phenoxy) is 1. The molecule has 3 nitrogen and oxygen atoms in total. The van der Waals surface area contributed by atoms with Crippen LogP contribution in [0.4, 0.5) is 8.78 Å². The van der Waals surface area contributed by atoms with Crippen LogP contribution in [0.1, 0.15) is 29.8 Å². The van der Waals surface area contributed by atoms with E-state index < -0.39 is 29.0 Å². The molecule has 1 aromatic rings. The van der Waals surface area contributed by atoms with Crippen LogP contribution in [-0.2, 0) is 16.0 Å². The fourth-order valence-corrected chi connectivity index (χ4v) is 1.38. The molecule has 17 heavy (non-hydrogen) atoms. The predicted octanol–water partition coefficient (Wildman–Crippen LogP) is 2.27. The zero-order valence-electron chi connectivity index (χ0n) is 9.55. The van der Waals surface area contributed by atoms with E-state index in [-0.39, 0.29) is 12.2 Å². The van der Waals surface area contributed by atoms with Crippen molar-refractivity contribution in [1.29, 1.82) is 0 Å². The van der Waals surface area contributed by atoms with Crippen molar-refractivity contribution in [2.75, 3.05) is 6.61 Å². The van der Waals surface area contributed by atoms with Gasteiger partial charge >= 0.3 is 5.97 Å². The summed E-state index contributed by atoms with van der Waals surface area (Å²) in [4.78, 5) is 22.6. The summed E-state index contributed by atoms with van der Waals surface area (Å²) < 4.78 is 31.5. The van der Waals surface area contributed by atoms with Crippen molar-refractivity contribution < 1.29 is 23.1 Å². The van der Waals surface area contributed by atoms with Crippen LogP contribution >= 0.6 is 0 Å². The summed E-state index contributed by atoms with van der Waals surface area (Å²) in [6, 6.07) is 2.21. The molecule has 1 aromatic carbocycles. The number of halogens is 2. The predicted molar refractivity (Wildman–Crippen MR) is 56.7 cm³/mol. The van der Waals surface area contributed by atoms with Crippen LogP contribution in [0.2, 0.25) is 0 Å². The minimum Gasteiger partial charge on any atom is -0.460 e. The topological polar surface area (TPSA) is 43.4 Å². The molecule has 0 heterocycles. The summed E-state index contributed by atoms with van der Waals surface area (Å²) >= 11 is 0. The average molecular weight is 242 g/mol. The zero-order chi connectivity index (χ0) is 13.0. The van der Waals surface area contributed by atoms with Crippen LogP contribution in [0.5, 0.6) is 0 Å². The molecule has 0 N–H and O–H groups in total. The Hall–Kier alpha value is -1.78. The van der Waals surface area contributed by atoms with Crippen molar-refractivity contribution in [3.8, 4) is 0 Å². The first kappa shape index (κ1) is 13.3. The van der Waals surface area contributed by atoms with Gasteiger partial charge in [0.2, 0.25) is 0 Å². The Kier molecular flexibility index (Phi) is 4.31. The maximum Gasteiger partial charge on any atom is 0.379 e. The molecule has 0 unspecified atom stereocenters. The third-order valence-corrected chi connectivity index (χ3v) is 2.24. The number of carbonyl (C=O) groups is 2. The lowest BCUT2D eigenvalue weighted by Crippen LogP contribution is -2.21. The second-order valence-corrected chi connectivity index (χ2v) is 3.30. The monoisotopic (exact) mass is 242 g/mol. The molecule has 1 rings (SSSR count). The number of carbonyl (C=O) groups excluding carboxylic acids is 2. The molecular formula is C12H12F2O3. The average Bonchev–Trinajstić information content (AvgIpc) is 2.29. The third-order valence-electron chi connectivity index (χ3n) is 2.24. The van der Waals surface area contributed by atoms with Gasteiger partial charge in [-0.05, 0) is 25.0 Å². The van der Waals surface area contributed by atoms with Crippen LogP contribution in [-0.4, -0.2) is 18.4 Å². The number of aryl methyl sites for hydroxylation is 1. The summed E-state index contributed by atoms with van der Waals surface area (Å²) in [5.74, 6) is -4.60. The molecule has 0 spiro atoms. The lowest BCUT2D eigenvalue weighted by Gasteiger charge is -2.07. The second kappa shape index (κ2) is 5.52. The molecule has 0 saturated carbocycles. The minimum absolute atomic E-state index is 0.0265. The highest BCUT2D eigenvalue weighted by Gasteiger charge is 2.26. The number of hydrogen-bond donors (Lipinski definition) is 0. The van der Waals surface area contributed by atoms with Crippen molar-refractivity contribution in [1.82, 2.24) is 0 Å². The maximum atomic E-state index is 13.7.